The first-order chi connectivity index (χ1) is 10.1. The molecule has 1 N–H and O–H groups in total. The average Bonchev–Trinajstić information content (AvgIpc) is 3.08. The lowest BCUT2D eigenvalue weighted by Crippen LogP contribution is -2.38. The Bertz CT molecular complexity index is 447. The van der Waals surface area contributed by atoms with Crippen molar-refractivity contribution in [3.63, 3.8) is 0 Å². The number of nitrogens with zero attached hydrogens (tertiary/aromatic N) is 2. The highest BCUT2D eigenvalue weighted by molar-refractivity contribution is 9.10. The third kappa shape index (κ3) is 3.37. The van der Waals surface area contributed by atoms with Crippen molar-refractivity contribution >= 4 is 15.9 Å². The van der Waals surface area contributed by atoms with Gasteiger partial charge in [0.15, 0.2) is 0 Å². The lowest BCUT2D eigenvalue weighted by atomic mass is 9.74. The fourth-order valence-electron chi connectivity index (χ4n) is 3.85. The topological polar surface area (TPSA) is 29.9 Å². The molecule has 0 bridgehead atoms. The van der Waals surface area contributed by atoms with E-state index in [1.165, 1.54) is 44.2 Å². The van der Waals surface area contributed by atoms with Crippen LogP contribution in [0.5, 0.6) is 0 Å². The van der Waals surface area contributed by atoms with Crippen molar-refractivity contribution in [1.29, 1.82) is 0 Å². The molecule has 1 aliphatic rings. The summed E-state index contributed by atoms with van der Waals surface area (Å²) >= 11 is 3.76. The van der Waals surface area contributed by atoms with Crippen molar-refractivity contribution in [2.75, 3.05) is 6.54 Å². The fraction of sp³-hybridized carbons (Fsp3) is 0.824. The van der Waals surface area contributed by atoms with Gasteiger partial charge in [-0.1, -0.05) is 26.7 Å². The first-order valence-electron chi connectivity index (χ1n) is 8.52. The van der Waals surface area contributed by atoms with Gasteiger partial charge in [-0.3, -0.25) is 4.68 Å². The van der Waals surface area contributed by atoms with E-state index in [9.17, 15) is 0 Å². The normalized spacial score (nSPS) is 19.3. The molecule has 1 fully saturated rings. The van der Waals surface area contributed by atoms with E-state index in [0.29, 0.717) is 17.5 Å². The van der Waals surface area contributed by atoms with Crippen LogP contribution in [0.25, 0.3) is 0 Å². The fourth-order valence-corrected chi connectivity index (χ4v) is 4.35. The highest BCUT2D eigenvalue weighted by Gasteiger charge is 2.42. The summed E-state index contributed by atoms with van der Waals surface area (Å²) in [7, 11) is 0. The Kier molecular flexibility index (Phi) is 5.89. The van der Waals surface area contributed by atoms with Crippen molar-refractivity contribution in [2.45, 2.75) is 78.3 Å². The molecule has 0 saturated heterocycles. The van der Waals surface area contributed by atoms with E-state index in [1.807, 2.05) is 6.20 Å². The molecule has 1 saturated carbocycles. The molecular weight excluding hydrogens is 326 g/mol. The quantitative estimate of drug-likeness (QED) is 0.724. The molecule has 1 unspecified atom stereocenters. The second-order valence-corrected chi connectivity index (χ2v) is 7.58. The van der Waals surface area contributed by atoms with Gasteiger partial charge in [0, 0.05) is 6.04 Å². The van der Waals surface area contributed by atoms with E-state index in [2.05, 4.69) is 58.7 Å². The zero-order chi connectivity index (χ0) is 15.5. The predicted molar refractivity (Wildman–Crippen MR) is 92.5 cm³/mol. The van der Waals surface area contributed by atoms with Crippen LogP contribution in [0, 0.1) is 5.41 Å². The molecule has 4 heteroatoms. The third-order valence-electron chi connectivity index (χ3n) is 5.06. The first kappa shape index (κ1) is 17.0. The van der Waals surface area contributed by atoms with Crippen molar-refractivity contribution in [3.05, 3.63) is 16.4 Å². The summed E-state index contributed by atoms with van der Waals surface area (Å²) in [6.45, 7) is 10.1. The van der Waals surface area contributed by atoms with Gasteiger partial charge in [0.1, 0.15) is 0 Å². The van der Waals surface area contributed by atoms with Crippen LogP contribution < -0.4 is 5.32 Å². The SMILES string of the molecule is CCCNC(c1c(Br)cnn1C(C)C)C1(CC)CCCC1. The molecule has 0 spiro atoms. The lowest BCUT2D eigenvalue weighted by Gasteiger charge is -2.38. The van der Waals surface area contributed by atoms with Gasteiger partial charge in [0.05, 0.1) is 22.4 Å². The molecule has 2 rings (SSSR count). The average molecular weight is 356 g/mol. The van der Waals surface area contributed by atoms with Crippen LogP contribution >= 0.6 is 15.9 Å². The van der Waals surface area contributed by atoms with Crippen molar-refractivity contribution < 1.29 is 0 Å². The van der Waals surface area contributed by atoms with Crippen LogP contribution in [0.4, 0.5) is 0 Å². The third-order valence-corrected chi connectivity index (χ3v) is 5.67. The molecule has 120 valence electrons. The van der Waals surface area contributed by atoms with Crippen molar-refractivity contribution in [3.8, 4) is 0 Å². The first-order valence-corrected chi connectivity index (χ1v) is 9.31. The minimum atomic E-state index is 0.393. The summed E-state index contributed by atoms with van der Waals surface area (Å²) < 4.78 is 3.36. The summed E-state index contributed by atoms with van der Waals surface area (Å²) in [5.41, 5.74) is 1.74. The van der Waals surface area contributed by atoms with Crippen LogP contribution in [-0.4, -0.2) is 16.3 Å². The standard InChI is InChI=1S/C17H30BrN3/c1-5-11-19-16(17(6-2)9-7-8-10-17)15-14(18)12-20-21(15)13(3)4/h12-13,16,19H,5-11H2,1-4H3. The summed E-state index contributed by atoms with van der Waals surface area (Å²) in [4.78, 5) is 0. The summed E-state index contributed by atoms with van der Waals surface area (Å²) in [5, 5.41) is 8.46. The maximum absolute atomic E-state index is 4.61. The second kappa shape index (κ2) is 7.28. The summed E-state index contributed by atoms with van der Waals surface area (Å²) in [5.74, 6) is 0. The zero-order valence-electron chi connectivity index (χ0n) is 14.0. The number of hydrogen-bond acceptors (Lipinski definition) is 2. The Hall–Kier alpha value is -0.350. The Morgan fingerprint density at radius 3 is 2.52 bits per heavy atom. The van der Waals surface area contributed by atoms with Gasteiger partial charge in [-0.2, -0.15) is 5.10 Å². The van der Waals surface area contributed by atoms with Crippen molar-refractivity contribution in [1.82, 2.24) is 15.1 Å². The van der Waals surface area contributed by atoms with Gasteiger partial charge < -0.3 is 5.32 Å². The van der Waals surface area contributed by atoms with Gasteiger partial charge >= 0.3 is 0 Å². The van der Waals surface area contributed by atoms with Crippen LogP contribution in [0.1, 0.15) is 84.0 Å². The molecule has 21 heavy (non-hydrogen) atoms. The van der Waals surface area contributed by atoms with E-state index in [-0.39, 0.29) is 0 Å². The smallest absolute Gasteiger partial charge is 0.0704 e. The van der Waals surface area contributed by atoms with Gasteiger partial charge in [0.25, 0.3) is 0 Å². The summed E-state index contributed by atoms with van der Waals surface area (Å²) in [6.07, 6.45) is 9.78. The molecule has 1 aromatic heterocycles. The molecule has 0 amide bonds. The van der Waals surface area contributed by atoms with E-state index in [4.69, 9.17) is 0 Å². The van der Waals surface area contributed by atoms with Gasteiger partial charge in [-0.25, -0.2) is 0 Å². The minimum Gasteiger partial charge on any atom is -0.308 e. The van der Waals surface area contributed by atoms with Crippen LogP contribution in [0.15, 0.2) is 10.7 Å². The highest BCUT2D eigenvalue weighted by atomic mass is 79.9. The number of aromatic nitrogens is 2. The summed E-state index contributed by atoms with van der Waals surface area (Å²) in [6, 6.07) is 0.803. The molecule has 0 aliphatic heterocycles. The van der Waals surface area contributed by atoms with E-state index >= 15 is 0 Å². The molecule has 0 aromatic carbocycles. The van der Waals surface area contributed by atoms with Gasteiger partial charge in [-0.05, 0) is 67.4 Å². The minimum absolute atomic E-state index is 0.393. The maximum atomic E-state index is 4.61. The largest absolute Gasteiger partial charge is 0.308 e. The maximum Gasteiger partial charge on any atom is 0.0704 e. The van der Waals surface area contributed by atoms with Crippen LogP contribution in [0.2, 0.25) is 0 Å². The molecule has 1 heterocycles. The van der Waals surface area contributed by atoms with Gasteiger partial charge in [-0.15, -0.1) is 0 Å². The highest BCUT2D eigenvalue weighted by Crippen LogP contribution is 2.51. The van der Waals surface area contributed by atoms with Crippen molar-refractivity contribution in [2.24, 2.45) is 5.41 Å². The molecular formula is C17H30BrN3. The molecule has 1 atom stereocenters. The number of rotatable bonds is 7. The van der Waals surface area contributed by atoms with E-state index in [0.717, 1.165) is 11.0 Å². The Labute approximate surface area is 138 Å². The molecule has 3 nitrogen and oxygen atoms in total. The Balaban J connectivity index is 2.42. The van der Waals surface area contributed by atoms with Crippen LogP contribution in [0.3, 0.4) is 0 Å². The van der Waals surface area contributed by atoms with E-state index in [1.54, 1.807) is 0 Å². The molecule has 1 aliphatic carbocycles. The monoisotopic (exact) mass is 355 g/mol. The number of halogens is 1. The van der Waals surface area contributed by atoms with Gasteiger partial charge in [0.2, 0.25) is 0 Å². The predicted octanol–water partition coefficient (Wildman–Crippen LogP) is 5.24. The molecule has 0 radical (unpaired) electrons. The number of nitrogens with one attached hydrogen (secondary N) is 1. The Morgan fingerprint density at radius 1 is 1.33 bits per heavy atom. The van der Waals surface area contributed by atoms with E-state index < -0.39 is 0 Å². The molecule has 1 aromatic rings. The lowest BCUT2D eigenvalue weighted by molar-refractivity contribution is 0.176. The zero-order valence-corrected chi connectivity index (χ0v) is 15.5. The number of hydrogen-bond donors (Lipinski definition) is 1. The Morgan fingerprint density at radius 2 is 2.00 bits per heavy atom. The van der Waals surface area contributed by atoms with Crippen LogP contribution in [-0.2, 0) is 0 Å². The second-order valence-electron chi connectivity index (χ2n) is 6.73.